The first-order valence-corrected chi connectivity index (χ1v) is 29.8. The van der Waals surface area contributed by atoms with Gasteiger partial charge in [0.15, 0.2) is 5.75 Å². The molecule has 1 heterocycles. The van der Waals surface area contributed by atoms with E-state index in [0.29, 0.717) is 34.0 Å². The third-order valence-corrected chi connectivity index (χ3v) is 14.3. The van der Waals surface area contributed by atoms with E-state index in [1.165, 1.54) is 16.8 Å². The quantitative estimate of drug-likeness (QED) is 0.0401. The number of amides is 1. The molecule has 1 aliphatic rings. The van der Waals surface area contributed by atoms with E-state index in [0.717, 1.165) is 77.8 Å². The van der Waals surface area contributed by atoms with Crippen LogP contribution in [0.5, 0.6) is 11.5 Å². The summed E-state index contributed by atoms with van der Waals surface area (Å²) in [6.07, 6.45) is 0.727. The number of nitrogens with one attached hydrogen (secondary N) is 4. The van der Waals surface area contributed by atoms with Gasteiger partial charge in [-0.3, -0.25) is 15.1 Å². The molecule has 0 saturated heterocycles. The van der Waals surface area contributed by atoms with Gasteiger partial charge in [0.05, 0.1) is 28.1 Å². The molecule has 1 radical (unpaired) electrons. The maximum absolute atomic E-state index is 13.2. The van der Waals surface area contributed by atoms with Gasteiger partial charge in [-0.1, -0.05) is 168 Å². The summed E-state index contributed by atoms with van der Waals surface area (Å²) >= 11 is 0. The molecule has 13 nitrogen and oxygen atoms in total. The molecule has 0 fully saturated rings. The molecule has 90 heavy (non-hydrogen) atoms. The number of aryl methyl sites for hydroxylation is 1. The molecule has 0 spiro atoms. The van der Waals surface area contributed by atoms with Crippen LogP contribution in [0.1, 0.15) is 74.2 Å². The van der Waals surface area contributed by atoms with Crippen LogP contribution in [0.3, 0.4) is 0 Å². The first-order chi connectivity index (χ1) is 43.1. The minimum atomic E-state index is -0.406. The summed E-state index contributed by atoms with van der Waals surface area (Å²) in [5, 5.41) is 52.3. The molecule has 0 aliphatic heterocycles. The van der Waals surface area contributed by atoms with Crippen LogP contribution in [0.25, 0.3) is 54.5 Å². The second kappa shape index (κ2) is 34.3. The number of anilines is 4. The van der Waals surface area contributed by atoms with Gasteiger partial charge in [0.2, 0.25) is 0 Å². The Hall–Kier alpha value is -9.53. The number of aromatic hydroxyl groups is 2. The molecule has 0 atom stereocenters. The van der Waals surface area contributed by atoms with Crippen LogP contribution < -0.4 is 21.0 Å². The minimum Gasteiger partial charge on any atom is -0.505 e. The number of nitrogens with zero attached hydrogens (tertiary/aromatic N) is 5. The van der Waals surface area contributed by atoms with Crippen LogP contribution in [0, 0.1) is 20.4 Å². The van der Waals surface area contributed by atoms with E-state index in [1.807, 2.05) is 239 Å². The number of hydrogen-bond acceptors (Lipinski definition) is 11. The van der Waals surface area contributed by atoms with Gasteiger partial charge < -0.3 is 38.2 Å². The van der Waals surface area contributed by atoms with Crippen molar-refractivity contribution in [1.29, 1.82) is 0 Å². The molecule has 1 aromatic heterocycles. The molecule has 12 aromatic rings. The van der Waals surface area contributed by atoms with Crippen molar-refractivity contribution in [2.24, 2.45) is 20.5 Å². The van der Waals surface area contributed by atoms with Gasteiger partial charge in [-0.25, -0.2) is 0 Å². The Bertz CT molecular complexity index is 4310. The Morgan fingerprint density at radius 3 is 1.79 bits per heavy atom. The van der Waals surface area contributed by atoms with E-state index in [9.17, 15) is 15.0 Å². The predicted octanol–water partition coefficient (Wildman–Crippen LogP) is 21.4. The molecule has 457 valence electrons. The van der Waals surface area contributed by atoms with Crippen LogP contribution in [-0.2, 0) is 50.6 Å². The largest absolute Gasteiger partial charge is 0.505 e. The van der Waals surface area contributed by atoms with E-state index in [2.05, 4.69) is 82.9 Å². The van der Waals surface area contributed by atoms with E-state index in [1.54, 1.807) is 18.2 Å². The van der Waals surface area contributed by atoms with Crippen LogP contribution >= 0.6 is 0 Å². The van der Waals surface area contributed by atoms with Gasteiger partial charge in [-0.05, 0) is 125 Å². The number of H-pyrrole nitrogens is 1. The topological polar surface area (TPSA) is 171 Å². The Morgan fingerprint density at radius 1 is 0.589 bits per heavy atom. The Morgan fingerprint density at radius 2 is 1.16 bits per heavy atom. The van der Waals surface area contributed by atoms with E-state index in [4.69, 9.17) is 4.84 Å². The molecule has 0 bridgehead atoms. The first kappa shape index (κ1) is 69.6. The zero-order valence-electron chi connectivity index (χ0n) is 53.2. The van der Waals surface area contributed by atoms with Crippen molar-refractivity contribution in [3.63, 3.8) is 0 Å². The number of benzene rings is 11. The molecule has 0 unspecified atom stereocenters. The van der Waals surface area contributed by atoms with Crippen LogP contribution in [-0.4, -0.2) is 42.2 Å². The fourth-order valence-electron chi connectivity index (χ4n) is 10.0. The molecule has 14 heteroatoms. The summed E-state index contributed by atoms with van der Waals surface area (Å²) in [5.41, 5.74) is 17.1. The average molecular weight is 1270 g/mol. The summed E-state index contributed by atoms with van der Waals surface area (Å²) in [6, 6.07) is 73.3. The van der Waals surface area contributed by atoms with Crippen molar-refractivity contribution >= 4 is 94.8 Å². The van der Waals surface area contributed by atoms with E-state index < -0.39 is 5.91 Å². The molecule has 1 aliphatic carbocycles. The third kappa shape index (κ3) is 16.6. The predicted molar refractivity (Wildman–Crippen MR) is 374 cm³/mol. The van der Waals surface area contributed by atoms with E-state index in [-0.39, 0.29) is 63.8 Å². The van der Waals surface area contributed by atoms with Crippen molar-refractivity contribution in [3.8, 4) is 22.6 Å². The summed E-state index contributed by atoms with van der Waals surface area (Å²) < 4.78 is 0. The number of fused-ring (bicyclic) bond motifs is 10. The van der Waals surface area contributed by atoms with Crippen LogP contribution in [0.2, 0.25) is 0 Å². The average Bonchev–Trinajstić information content (AvgIpc) is 1.50. The second-order valence-corrected chi connectivity index (χ2v) is 19.9. The maximum Gasteiger partial charge on any atom is 0.259 e. The number of carbonyl (C=O) groups is 1. The van der Waals surface area contributed by atoms with Crippen molar-refractivity contribution < 1.29 is 52.6 Å². The van der Waals surface area contributed by atoms with Gasteiger partial charge in [0.25, 0.3) is 5.91 Å². The Labute approximate surface area is 554 Å². The van der Waals surface area contributed by atoms with Crippen LogP contribution in [0.4, 0.5) is 45.5 Å². The molecule has 11 aromatic carbocycles. The van der Waals surface area contributed by atoms with E-state index >= 15 is 0 Å². The van der Waals surface area contributed by atoms with Crippen molar-refractivity contribution in [3.05, 3.63) is 260 Å². The zero-order valence-corrected chi connectivity index (χ0v) is 56.1. The van der Waals surface area contributed by atoms with Gasteiger partial charge in [-0.2, -0.15) is 28.4 Å². The summed E-state index contributed by atoms with van der Waals surface area (Å²) in [4.78, 5) is 24.5. The van der Waals surface area contributed by atoms with Gasteiger partial charge in [0.1, 0.15) is 23.7 Å². The molecule has 0 saturated carbocycles. The summed E-state index contributed by atoms with van der Waals surface area (Å²) in [5.74, 6) is -0.559. The molecular weight excluding hydrogens is 1190 g/mol. The number of rotatable bonds is 12. The third-order valence-electron chi connectivity index (χ3n) is 14.3. The maximum atomic E-state index is 13.2. The second-order valence-electron chi connectivity index (χ2n) is 19.9. The smallest absolute Gasteiger partial charge is 0.259 e. The fraction of sp³-hybridized carbons (Fsp3) is 0.158. The SMILES string of the molecule is CC.CC.CC.CN(C)c1cc[c-]cc1.CNc1ccc(N=Nc2c(O)c(CONc3ccccc3)cc3ccc4c5ccccc5[nH]c4c23)cc1.Cc1ccc(N=Nc2c(O)c(C(=O)Nc3ccccc3)cc3ccc4c(c23)Cc2ccccc2-4)cc1.[CH3-].[Y]. The monoisotopic (exact) mass is 1270 g/mol. The molecule has 1 amide bonds. The van der Waals surface area contributed by atoms with Crippen molar-refractivity contribution in [1.82, 2.24) is 4.98 Å². The first-order valence-electron chi connectivity index (χ1n) is 29.8. The molecular formula is C76H79N9O4Y-2. The van der Waals surface area contributed by atoms with Gasteiger partial charge in [-0.15, -0.1) is 22.4 Å². The number of hydrogen-bond donors (Lipinski definition) is 6. The number of para-hydroxylation sites is 3. The Kier molecular flexibility index (Phi) is 26.5. The number of aromatic nitrogens is 1. The summed E-state index contributed by atoms with van der Waals surface area (Å²) in [7, 11) is 5.91. The van der Waals surface area contributed by atoms with Gasteiger partial charge >= 0.3 is 0 Å². The van der Waals surface area contributed by atoms with Crippen molar-refractivity contribution in [2.45, 2.75) is 61.5 Å². The Balaban J connectivity index is 0.000000230. The van der Waals surface area contributed by atoms with Crippen LogP contribution in [0.15, 0.2) is 239 Å². The molecule has 13 rings (SSSR count). The van der Waals surface area contributed by atoms with Gasteiger partial charge in [0, 0.05) is 97.9 Å². The summed E-state index contributed by atoms with van der Waals surface area (Å²) in [6.45, 7) is 14.1. The molecule has 6 N–H and O–H groups in total. The number of aromatic amines is 1. The minimum absolute atomic E-state index is 0. The number of phenolic OH excluding ortho intramolecular Hbond substituents is 2. The fourth-order valence-corrected chi connectivity index (χ4v) is 10.0. The number of carbonyl (C=O) groups excluding carboxylic acids is 1. The van der Waals surface area contributed by atoms with Crippen molar-refractivity contribution in [2.75, 3.05) is 42.2 Å². The zero-order chi connectivity index (χ0) is 62.5. The number of azo groups is 2. The number of phenols is 2. The standard InChI is InChI=1S/C31H23N3O2.C30H25N5O2.C8H10N.3C2H6.CH3.Y/c1-19-11-14-23(15-12-19)33-34-29-28-21(13-16-25-24-10-6-5-7-20(24)17-26(25)28)18-27(30(29)35)31(36)32-22-8-3-2-4-9-22;1-31-21-12-14-22(15-13-21)33-34-29-27-19(11-16-25-24-9-5-6-10-26(24)32-28(25)27)17-20(30(29)36)18-37-35-23-7-3-2-4-8-23;1-9(2)8-6-4-3-5-7-8;3*1-2;;/h2-16,18,35H,17H2,1H3,(H,32,36);2-17,31-32,35-36H,18H2,1H3;4-7H,1-2H3;3*1-2H3;1H3;/q;;-1;;;;-1;. The normalized spacial score (nSPS) is 10.7.